The fourth-order valence-corrected chi connectivity index (χ4v) is 4.05. The van der Waals surface area contributed by atoms with E-state index in [4.69, 9.17) is 11.6 Å². The van der Waals surface area contributed by atoms with E-state index in [0.717, 1.165) is 0 Å². The minimum absolute atomic E-state index is 0.0789. The quantitative estimate of drug-likeness (QED) is 0.358. The molecule has 9 heteroatoms. The molecule has 2 amide bonds. The molecule has 3 heterocycles. The zero-order valence-corrected chi connectivity index (χ0v) is 17.5. The number of nitrogens with zero attached hydrogens (tertiary/aromatic N) is 3. The molecule has 1 fully saturated rings. The summed E-state index contributed by atoms with van der Waals surface area (Å²) in [5.41, 5.74) is 1.38. The number of halogens is 2. The van der Waals surface area contributed by atoms with Gasteiger partial charge in [0.25, 0.3) is 17.6 Å². The lowest BCUT2D eigenvalue weighted by molar-refractivity contribution is -0.127. The molecule has 0 unspecified atom stereocenters. The number of pyridine rings is 1. The molecule has 0 spiro atoms. The van der Waals surface area contributed by atoms with E-state index < -0.39 is 11.7 Å². The number of nitrogens with one attached hydrogen (secondary N) is 1. The highest BCUT2D eigenvalue weighted by Gasteiger charge is 2.30. The summed E-state index contributed by atoms with van der Waals surface area (Å²) in [6.45, 7) is 1.34. The molecule has 1 aromatic carbocycles. The predicted octanol–water partition coefficient (Wildman–Crippen LogP) is 3.15. The average molecular weight is 476 g/mol. The minimum atomic E-state index is -0.640. The first-order valence-electron chi connectivity index (χ1n) is 8.96. The number of fused-ring (bicyclic) bond motifs is 1. The van der Waals surface area contributed by atoms with Gasteiger partial charge >= 0.3 is 0 Å². The van der Waals surface area contributed by atoms with E-state index in [-0.39, 0.29) is 11.5 Å². The number of rotatable bonds is 3. The molecule has 3 aromatic rings. The second kappa shape index (κ2) is 7.96. The fourth-order valence-electron chi connectivity index (χ4n) is 3.39. The zero-order valence-electron chi connectivity index (χ0n) is 15.2. The Kier molecular flexibility index (Phi) is 5.38. The molecule has 0 radical (unpaired) electrons. The lowest BCUT2D eigenvalue weighted by atomic mass is 10.1. The van der Waals surface area contributed by atoms with E-state index in [1.807, 2.05) is 18.2 Å². The number of ketones is 1. The van der Waals surface area contributed by atoms with Crippen molar-refractivity contribution in [2.45, 2.75) is 0 Å². The van der Waals surface area contributed by atoms with Crippen LogP contribution in [0.4, 0.5) is 0 Å². The number of H-pyrrole nitrogens is 1. The number of carbonyl (C=O) groups excluding carboxylic acids is 3. The van der Waals surface area contributed by atoms with Crippen molar-refractivity contribution in [1.29, 1.82) is 0 Å². The van der Waals surface area contributed by atoms with Crippen molar-refractivity contribution in [1.82, 2.24) is 19.8 Å². The van der Waals surface area contributed by atoms with Crippen molar-refractivity contribution in [3.63, 3.8) is 0 Å². The standard InChI is InChI=1S/C20H16BrClN4O3/c21-18-16-15(14(22)11-24-18)13(10-23-16)17(27)20(29)26-8-6-25(7-9-26)19(28)12-4-2-1-3-5-12/h1-5,10-11,23H,6-9H2. The maximum absolute atomic E-state index is 12.8. The van der Waals surface area contributed by atoms with Crippen molar-refractivity contribution in [3.05, 3.63) is 63.5 Å². The molecule has 2 aromatic heterocycles. The van der Waals surface area contributed by atoms with Gasteiger partial charge in [0, 0.05) is 49.5 Å². The summed E-state index contributed by atoms with van der Waals surface area (Å²) < 4.78 is 0.511. The summed E-state index contributed by atoms with van der Waals surface area (Å²) in [5, 5.41) is 0.753. The average Bonchev–Trinajstić information content (AvgIpc) is 3.22. The van der Waals surface area contributed by atoms with E-state index in [9.17, 15) is 14.4 Å². The van der Waals surface area contributed by atoms with Crippen LogP contribution in [0.25, 0.3) is 10.9 Å². The Morgan fingerprint density at radius 1 is 1.03 bits per heavy atom. The Hall–Kier alpha value is -2.71. The second-order valence-electron chi connectivity index (χ2n) is 6.63. The van der Waals surface area contributed by atoms with Gasteiger partial charge in [0.15, 0.2) is 0 Å². The topological polar surface area (TPSA) is 86.4 Å². The predicted molar refractivity (Wildman–Crippen MR) is 112 cm³/mol. The van der Waals surface area contributed by atoms with Gasteiger partial charge in [-0.1, -0.05) is 29.8 Å². The van der Waals surface area contributed by atoms with Gasteiger partial charge in [-0.2, -0.15) is 0 Å². The summed E-state index contributed by atoms with van der Waals surface area (Å²) in [6.07, 6.45) is 2.90. The van der Waals surface area contributed by atoms with Crippen LogP contribution in [0.1, 0.15) is 20.7 Å². The number of Topliss-reactive ketones (excluding diaryl/α,β-unsaturated/α-hetero) is 1. The highest BCUT2D eigenvalue weighted by Crippen LogP contribution is 2.30. The maximum atomic E-state index is 12.8. The highest BCUT2D eigenvalue weighted by atomic mass is 79.9. The Balaban J connectivity index is 1.47. The number of piperazine rings is 1. The van der Waals surface area contributed by atoms with Crippen LogP contribution in [0.2, 0.25) is 5.02 Å². The van der Waals surface area contributed by atoms with Crippen molar-refractivity contribution in [2.75, 3.05) is 26.2 Å². The third-order valence-corrected chi connectivity index (χ3v) is 5.82. The van der Waals surface area contributed by atoms with E-state index in [1.165, 1.54) is 17.3 Å². The first kappa shape index (κ1) is 19.6. The van der Waals surface area contributed by atoms with Crippen LogP contribution in [0, 0.1) is 0 Å². The molecule has 0 aliphatic carbocycles. The third-order valence-electron chi connectivity index (χ3n) is 4.93. The van der Waals surface area contributed by atoms with Gasteiger partial charge < -0.3 is 14.8 Å². The number of hydrogen-bond acceptors (Lipinski definition) is 4. The molecular weight excluding hydrogens is 460 g/mol. The van der Waals surface area contributed by atoms with Crippen LogP contribution in [-0.2, 0) is 4.79 Å². The number of hydrogen-bond donors (Lipinski definition) is 1. The van der Waals surface area contributed by atoms with Crippen LogP contribution in [-0.4, -0.2) is 63.5 Å². The minimum Gasteiger partial charge on any atom is -0.358 e. The van der Waals surface area contributed by atoms with Gasteiger partial charge in [-0.25, -0.2) is 4.98 Å². The Bertz CT molecular complexity index is 1110. The van der Waals surface area contributed by atoms with Crippen LogP contribution in [0.5, 0.6) is 0 Å². The molecule has 148 valence electrons. The van der Waals surface area contributed by atoms with Gasteiger partial charge in [0.1, 0.15) is 4.60 Å². The molecule has 29 heavy (non-hydrogen) atoms. The van der Waals surface area contributed by atoms with E-state index in [1.54, 1.807) is 17.0 Å². The first-order valence-corrected chi connectivity index (χ1v) is 10.1. The van der Waals surface area contributed by atoms with Crippen molar-refractivity contribution in [3.8, 4) is 0 Å². The summed E-state index contributed by atoms with van der Waals surface area (Å²) in [7, 11) is 0. The Morgan fingerprint density at radius 3 is 2.38 bits per heavy atom. The van der Waals surface area contributed by atoms with Crippen LogP contribution in [0.3, 0.4) is 0 Å². The molecule has 4 rings (SSSR count). The number of amides is 2. The number of aromatic amines is 1. The van der Waals surface area contributed by atoms with Gasteiger partial charge in [0.05, 0.1) is 16.1 Å². The zero-order chi connectivity index (χ0) is 20.5. The maximum Gasteiger partial charge on any atom is 0.295 e. The third kappa shape index (κ3) is 3.65. The molecule has 1 aliphatic rings. The van der Waals surface area contributed by atoms with Gasteiger partial charge in [0.2, 0.25) is 0 Å². The smallest absolute Gasteiger partial charge is 0.295 e. The largest absolute Gasteiger partial charge is 0.358 e. The van der Waals surface area contributed by atoms with Gasteiger partial charge in [-0.3, -0.25) is 14.4 Å². The monoisotopic (exact) mass is 474 g/mol. The summed E-state index contributed by atoms with van der Waals surface area (Å²) >= 11 is 9.50. The second-order valence-corrected chi connectivity index (χ2v) is 7.79. The molecular formula is C20H16BrClN4O3. The summed E-state index contributed by atoms with van der Waals surface area (Å²) in [6, 6.07) is 9.00. The number of benzene rings is 1. The van der Waals surface area contributed by atoms with Crippen LogP contribution in [0.15, 0.2) is 47.3 Å². The molecule has 1 N–H and O–H groups in total. The van der Waals surface area contributed by atoms with E-state index in [2.05, 4.69) is 25.9 Å². The highest BCUT2D eigenvalue weighted by molar-refractivity contribution is 9.10. The van der Waals surface area contributed by atoms with Crippen molar-refractivity contribution in [2.24, 2.45) is 0 Å². The van der Waals surface area contributed by atoms with E-state index >= 15 is 0 Å². The van der Waals surface area contributed by atoms with Crippen LogP contribution < -0.4 is 0 Å². The summed E-state index contributed by atoms with van der Waals surface area (Å²) in [4.78, 5) is 48.3. The fraction of sp³-hybridized carbons (Fsp3) is 0.200. The Labute approximate surface area is 179 Å². The SMILES string of the molecule is O=C(C(=O)N1CCN(C(=O)c2ccccc2)CC1)c1c[nH]c2c(Br)ncc(Cl)c12. The molecule has 0 saturated carbocycles. The lowest BCUT2D eigenvalue weighted by Gasteiger charge is -2.34. The number of carbonyl (C=O) groups is 3. The molecule has 1 saturated heterocycles. The lowest BCUT2D eigenvalue weighted by Crippen LogP contribution is -2.52. The van der Waals surface area contributed by atoms with Crippen molar-refractivity contribution < 1.29 is 14.4 Å². The molecule has 7 nitrogen and oxygen atoms in total. The normalized spacial score (nSPS) is 14.3. The molecule has 0 atom stereocenters. The summed E-state index contributed by atoms with van der Waals surface area (Å²) in [5.74, 6) is -1.33. The molecule has 1 aliphatic heterocycles. The Morgan fingerprint density at radius 2 is 1.69 bits per heavy atom. The van der Waals surface area contributed by atoms with Gasteiger partial charge in [-0.15, -0.1) is 0 Å². The molecule has 0 bridgehead atoms. The van der Waals surface area contributed by atoms with Crippen molar-refractivity contribution >= 4 is 56.0 Å². The van der Waals surface area contributed by atoms with Gasteiger partial charge in [-0.05, 0) is 28.1 Å². The first-order chi connectivity index (χ1) is 14.0. The number of aromatic nitrogens is 2. The van der Waals surface area contributed by atoms with E-state index in [0.29, 0.717) is 52.3 Å². The van der Waals surface area contributed by atoms with Crippen LogP contribution >= 0.6 is 27.5 Å².